The summed E-state index contributed by atoms with van der Waals surface area (Å²) in [6.45, 7) is 9.85. The van der Waals surface area contributed by atoms with Crippen molar-refractivity contribution in [3.05, 3.63) is 54.0 Å². The monoisotopic (exact) mass is 543 g/mol. The van der Waals surface area contributed by atoms with E-state index in [1.165, 1.54) is 12.1 Å². The van der Waals surface area contributed by atoms with Gasteiger partial charge in [-0.25, -0.2) is 14.4 Å². The van der Waals surface area contributed by atoms with Gasteiger partial charge in [0.15, 0.2) is 5.96 Å². The third kappa shape index (κ3) is 8.58. The van der Waals surface area contributed by atoms with Crippen LogP contribution >= 0.6 is 24.0 Å². The molecule has 1 aromatic heterocycles. The Hall–Kier alpha value is -1.98. The molecule has 1 aliphatic rings. The predicted molar refractivity (Wildman–Crippen MR) is 131 cm³/mol. The van der Waals surface area contributed by atoms with E-state index >= 15 is 0 Å². The number of guanidine groups is 1. The van der Waals surface area contributed by atoms with Crippen molar-refractivity contribution in [1.29, 1.82) is 0 Å². The SMILES string of the molecule is CCNC(=NCc1ccnc(Oc2ccc(F)cc2)c1)NCC(C)N1CCOCC1.I. The number of aliphatic imine (C=N–C) groups is 1. The molecule has 2 aromatic rings. The number of nitrogens with one attached hydrogen (secondary N) is 2. The summed E-state index contributed by atoms with van der Waals surface area (Å²) in [5, 5.41) is 6.71. The quantitative estimate of drug-likeness (QED) is 0.302. The molecule has 9 heteroatoms. The van der Waals surface area contributed by atoms with Gasteiger partial charge in [-0.3, -0.25) is 4.90 Å². The lowest BCUT2D eigenvalue weighted by Gasteiger charge is -2.32. The molecular weight excluding hydrogens is 512 g/mol. The van der Waals surface area contributed by atoms with E-state index in [-0.39, 0.29) is 29.8 Å². The van der Waals surface area contributed by atoms with Crippen LogP contribution in [-0.4, -0.2) is 61.3 Å². The van der Waals surface area contributed by atoms with E-state index in [0.717, 1.165) is 50.9 Å². The van der Waals surface area contributed by atoms with Crippen molar-refractivity contribution in [3.63, 3.8) is 0 Å². The van der Waals surface area contributed by atoms with Crippen LogP contribution in [0.3, 0.4) is 0 Å². The van der Waals surface area contributed by atoms with Crippen molar-refractivity contribution in [2.75, 3.05) is 39.4 Å². The van der Waals surface area contributed by atoms with Crippen LogP contribution in [0.25, 0.3) is 0 Å². The molecule has 0 bridgehead atoms. The maximum atomic E-state index is 13.0. The average molecular weight is 543 g/mol. The van der Waals surface area contributed by atoms with Crippen LogP contribution in [-0.2, 0) is 11.3 Å². The first kappa shape index (κ1) is 25.3. The predicted octanol–water partition coefficient (Wildman–Crippen LogP) is 3.41. The van der Waals surface area contributed by atoms with Crippen molar-refractivity contribution < 1.29 is 13.9 Å². The standard InChI is InChI=1S/C22H30FN5O2.HI/c1-3-24-22(26-15-17(2)28-10-12-29-13-11-28)27-16-18-8-9-25-21(14-18)30-20-6-4-19(23)5-7-20;/h4-9,14,17H,3,10-13,15-16H2,1-2H3,(H2,24,26,27);1H. The Morgan fingerprint density at radius 1 is 1.23 bits per heavy atom. The second-order valence-corrected chi connectivity index (χ2v) is 7.13. The lowest BCUT2D eigenvalue weighted by molar-refractivity contribution is 0.0211. The number of halogens is 2. The molecular formula is C22H31FIN5O2. The molecule has 170 valence electrons. The van der Waals surface area contributed by atoms with Crippen LogP contribution in [0.15, 0.2) is 47.6 Å². The highest BCUT2D eigenvalue weighted by molar-refractivity contribution is 14.0. The van der Waals surface area contributed by atoms with Crippen LogP contribution in [0, 0.1) is 5.82 Å². The molecule has 0 saturated carbocycles. The van der Waals surface area contributed by atoms with E-state index < -0.39 is 0 Å². The zero-order valence-corrected chi connectivity index (χ0v) is 20.3. The summed E-state index contributed by atoms with van der Waals surface area (Å²) in [7, 11) is 0. The van der Waals surface area contributed by atoms with Crippen LogP contribution in [0.5, 0.6) is 11.6 Å². The fourth-order valence-electron chi connectivity index (χ4n) is 3.13. The maximum absolute atomic E-state index is 13.0. The minimum Gasteiger partial charge on any atom is -0.439 e. The number of hydrogen-bond donors (Lipinski definition) is 2. The third-order valence-electron chi connectivity index (χ3n) is 4.83. The summed E-state index contributed by atoms with van der Waals surface area (Å²) in [4.78, 5) is 11.3. The molecule has 0 aliphatic carbocycles. The molecule has 2 heterocycles. The highest BCUT2D eigenvalue weighted by atomic mass is 127. The molecule has 0 amide bonds. The zero-order chi connectivity index (χ0) is 21.2. The largest absolute Gasteiger partial charge is 0.439 e. The van der Waals surface area contributed by atoms with Gasteiger partial charge in [-0.1, -0.05) is 0 Å². The number of hydrogen-bond acceptors (Lipinski definition) is 5. The molecule has 1 atom stereocenters. The van der Waals surface area contributed by atoms with Gasteiger partial charge in [0, 0.05) is 44.5 Å². The Morgan fingerprint density at radius 3 is 2.68 bits per heavy atom. The van der Waals surface area contributed by atoms with Crippen LogP contribution < -0.4 is 15.4 Å². The molecule has 7 nitrogen and oxygen atoms in total. The van der Waals surface area contributed by atoms with E-state index in [9.17, 15) is 4.39 Å². The fourth-order valence-corrected chi connectivity index (χ4v) is 3.13. The number of ether oxygens (including phenoxy) is 2. The second-order valence-electron chi connectivity index (χ2n) is 7.13. The lowest BCUT2D eigenvalue weighted by Crippen LogP contribution is -2.49. The van der Waals surface area contributed by atoms with Crippen LogP contribution in [0.1, 0.15) is 19.4 Å². The van der Waals surface area contributed by atoms with Crippen LogP contribution in [0.4, 0.5) is 4.39 Å². The Balaban J connectivity index is 0.00000341. The summed E-state index contributed by atoms with van der Waals surface area (Å²) >= 11 is 0. The smallest absolute Gasteiger partial charge is 0.219 e. The molecule has 1 fully saturated rings. The topological polar surface area (TPSA) is 71.0 Å². The summed E-state index contributed by atoms with van der Waals surface area (Å²) in [5.74, 6) is 1.46. The van der Waals surface area contributed by atoms with Gasteiger partial charge >= 0.3 is 0 Å². The van der Waals surface area contributed by atoms with E-state index in [4.69, 9.17) is 9.47 Å². The fraction of sp³-hybridized carbons (Fsp3) is 0.455. The Kier molecular flexibility index (Phi) is 11.0. The van der Waals surface area contributed by atoms with E-state index in [0.29, 0.717) is 24.2 Å². The average Bonchev–Trinajstić information content (AvgIpc) is 2.78. The minimum atomic E-state index is -0.301. The summed E-state index contributed by atoms with van der Waals surface area (Å²) in [6.07, 6.45) is 1.69. The molecule has 3 rings (SSSR count). The first-order chi connectivity index (χ1) is 14.6. The van der Waals surface area contributed by atoms with Crippen molar-refractivity contribution >= 4 is 29.9 Å². The number of morpholine rings is 1. The number of rotatable bonds is 8. The minimum absolute atomic E-state index is 0. The molecule has 0 radical (unpaired) electrons. The molecule has 1 aliphatic heterocycles. The molecule has 0 spiro atoms. The number of nitrogens with zero attached hydrogens (tertiary/aromatic N) is 3. The van der Waals surface area contributed by atoms with Crippen LogP contribution in [0.2, 0.25) is 0 Å². The summed E-state index contributed by atoms with van der Waals surface area (Å²) in [6, 6.07) is 10.0. The van der Waals surface area contributed by atoms with E-state index in [2.05, 4.69) is 32.4 Å². The zero-order valence-electron chi connectivity index (χ0n) is 18.0. The highest BCUT2D eigenvalue weighted by Gasteiger charge is 2.17. The van der Waals surface area contributed by atoms with Gasteiger partial charge in [-0.2, -0.15) is 0 Å². The van der Waals surface area contributed by atoms with Gasteiger partial charge in [-0.15, -0.1) is 24.0 Å². The first-order valence-corrected chi connectivity index (χ1v) is 10.4. The van der Waals surface area contributed by atoms with E-state index in [1.807, 2.05) is 19.1 Å². The van der Waals surface area contributed by atoms with Gasteiger partial charge < -0.3 is 20.1 Å². The molecule has 31 heavy (non-hydrogen) atoms. The summed E-state index contributed by atoms with van der Waals surface area (Å²) < 4.78 is 24.2. The summed E-state index contributed by atoms with van der Waals surface area (Å²) in [5.41, 5.74) is 0.973. The lowest BCUT2D eigenvalue weighted by atomic mass is 10.2. The van der Waals surface area contributed by atoms with Gasteiger partial charge in [0.25, 0.3) is 0 Å². The molecule has 1 aromatic carbocycles. The Labute approximate surface area is 200 Å². The van der Waals surface area contributed by atoms with Gasteiger partial charge in [0.2, 0.25) is 5.88 Å². The second kappa shape index (κ2) is 13.4. The molecule has 2 N–H and O–H groups in total. The Bertz CT molecular complexity index is 816. The first-order valence-electron chi connectivity index (χ1n) is 10.4. The van der Waals surface area contributed by atoms with Gasteiger partial charge in [0.1, 0.15) is 11.6 Å². The number of aromatic nitrogens is 1. The van der Waals surface area contributed by atoms with Crippen molar-refractivity contribution in [1.82, 2.24) is 20.5 Å². The third-order valence-corrected chi connectivity index (χ3v) is 4.83. The number of benzene rings is 1. The molecule has 1 saturated heterocycles. The van der Waals surface area contributed by atoms with Gasteiger partial charge in [-0.05, 0) is 49.7 Å². The van der Waals surface area contributed by atoms with Crippen molar-refractivity contribution in [2.45, 2.75) is 26.4 Å². The van der Waals surface area contributed by atoms with Gasteiger partial charge in [0.05, 0.1) is 19.8 Å². The highest BCUT2D eigenvalue weighted by Crippen LogP contribution is 2.20. The van der Waals surface area contributed by atoms with Crippen molar-refractivity contribution in [2.24, 2.45) is 4.99 Å². The maximum Gasteiger partial charge on any atom is 0.219 e. The van der Waals surface area contributed by atoms with E-state index in [1.54, 1.807) is 18.3 Å². The number of pyridine rings is 1. The van der Waals surface area contributed by atoms with Crippen molar-refractivity contribution in [3.8, 4) is 11.6 Å². The molecule has 1 unspecified atom stereocenters. The Morgan fingerprint density at radius 2 is 1.97 bits per heavy atom. The normalized spacial score (nSPS) is 15.6.